The van der Waals surface area contributed by atoms with E-state index in [0.717, 1.165) is 16.5 Å². The molecule has 2 aromatic heterocycles. The van der Waals surface area contributed by atoms with Crippen molar-refractivity contribution < 1.29 is 4.79 Å². The number of pyridine rings is 1. The van der Waals surface area contributed by atoms with Gasteiger partial charge in [-0.1, -0.05) is 12.1 Å². The van der Waals surface area contributed by atoms with Crippen LogP contribution in [0.3, 0.4) is 0 Å². The van der Waals surface area contributed by atoms with Gasteiger partial charge in [0.05, 0.1) is 11.7 Å². The highest BCUT2D eigenvalue weighted by Gasteiger charge is 2.12. The molecule has 0 spiro atoms. The number of hydrogen-bond acceptors (Lipinski definition) is 4. The van der Waals surface area contributed by atoms with E-state index in [-0.39, 0.29) is 12.1 Å². The van der Waals surface area contributed by atoms with Gasteiger partial charge < -0.3 is 10.6 Å². The molecule has 2 amide bonds. The van der Waals surface area contributed by atoms with Gasteiger partial charge in [0, 0.05) is 23.2 Å². The lowest BCUT2D eigenvalue weighted by Gasteiger charge is -2.13. The minimum Gasteiger partial charge on any atom is -0.328 e. The number of nitrogens with one attached hydrogen (secondary N) is 3. The van der Waals surface area contributed by atoms with Crippen molar-refractivity contribution >= 4 is 22.5 Å². The maximum Gasteiger partial charge on any atom is 0.319 e. The molecule has 3 N–H and O–H groups in total. The summed E-state index contributed by atoms with van der Waals surface area (Å²) in [4.78, 5) is 20.1. The van der Waals surface area contributed by atoms with Crippen LogP contribution in [-0.2, 0) is 0 Å². The zero-order valence-corrected chi connectivity index (χ0v) is 11.4. The first-order chi connectivity index (χ1) is 10.2. The summed E-state index contributed by atoms with van der Waals surface area (Å²) in [5.74, 6) is 0.604. The maximum absolute atomic E-state index is 12.1. The fraction of sp³-hybridized carbons (Fsp3) is 0.143. The molecule has 0 aliphatic carbocycles. The van der Waals surface area contributed by atoms with Gasteiger partial charge in [-0.3, -0.25) is 10.1 Å². The number of amides is 2. The van der Waals surface area contributed by atoms with Crippen LogP contribution in [-0.4, -0.2) is 26.2 Å². The molecule has 0 fully saturated rings. The van der Waals surface area contributed by atoms with Gasteiger partial charge in [0.25, 0.3) is 0 Å². The normalized spacial score (nSPS) is 12.0. The molecule has 1 aromatic carbocycles. The molecule has 0 unspecified atom stereocenters. The maximum atomic E-state index is 12.1. The molecule has 0 saturated carbocycles. The Morgan fingerprint density at radius 1 is 1.33 bits per heavy atom. The van der Waals surface area contributed by atoms with Gasteiger partial charge >= 0.3 is 6.03 Å². The van der Waals surface area contributed by atoms with Gasteiger partial charge in [-0.15, -0.1) is 0 Å². The molecular weight excluding hydrogens is 268 g/mol. The van der Waals surface area contributed by atoms with Gasteiger partial charge in [0.1, 0.15) is 12.2 Å². The van der Waals surface area contributed by atoms with Crippen molar-refractivity contribution in [3.05, 3.63) is 48.8 Å². The van der Waals surface area contributed by atoms with E-state index in [4.69, 9.17) is 0 Å². The topological polar surface area (TPSA) is 95.6 Å². The van der Waals surface area contributed by atoms with Crippen LogP contribution >= 0.6 is 0 Å². The Morgan fingerprint density at radius 3 is 3.05 bits per heavy atom. The average molecular weight is 282 g/mol. The zero-order valence-electron chi connectivity index (χ0n) is 11.4. The quantitative estimate of drug-likeness (QED) is 0.686. The van der Waals surface area contributed by atoms with Crippen LogP contribution in [0, 0.1) is 0 Å². The van der Waals surface area contributed by atoms with E-state index in [1.165, 1.54) is 6.33 Å². The number of hydrogen-bond donors (Lipinski definition) is 3. The summed E-state index contributed by atoms with van der Waals surface area (Å²) in [5, 5.41) is 14.0. The second-order valence-corrected chi connectivity index (χ2v) is 4.59. The molecule has 106 valence electrons. The molecular formula is C14H14N6O. The molecule has 0 saturated heterocycles. The highest BCUT2D eigenvalue weighted by molar-refractivity contribution is 6.01. The Balaban J connectivity index is 1.75. The Labute approximate surface area is 120 Å². The standard InChI is InChI=1S/C14H14N6O/c1-9(13-16-8-17-20-13)18-14(21)19-12-4-2-3-10-7-15-6-5-11(10)12/h2-9H,1H3,(H,16,17,20)(H2,18,19,21)/t9-/m0/s1. The first kappa shape index (κ1) is 13.0. The molecule has 21 heavy (non-hydrogen) atoms. The lowest BCUT2D eigenvalue weighted by molar-refractivity contribution is 0.249. The third-order valence-corrected chi connectivity index (χ3v) is 3.12. The summed E-state index contributed by atoms with van der Waals surface area (Å²) >= 11 is 0. The molecule has 0 aliphatic rings. The number of H-pyrrole nitrogens is 1. The van der Waals surface area contributed by atoms with Gasteiger partial charge in [-0.2, -0.15) is 5.10 Å². The number of carbonyl (C=O) groups excluding carboxylic acids is 1. The summed E-state index contributed by atoms with van der Waals surface area (Å²) < 4.78 is 0. The molecule has 0 radical (unpaired) electrons. The lowest BCUT2D eigenvalue weighted by atomic mass is 10.1. The zero-order chi connectivity index (χ0) is 14.7. The van der Waals surface area contributed by atoms with Crippen LogP contribution in [0.4, 0.5) is 10.5 Å². The van der Waals surface area contributed by atoms with Crippen molar-refractivity contribution in [3.63, 3.8) is 0 Å². The number of nitrogens with zero attached hydrogens (tertiary/aromatic N) is 3. The highest BCUT2D eigenvalue weighted by Crippen LogP contribution is 2.22. The third kappa shape index (κ3) is 2.81. The van der Waals surface area contributed by atoms with E-state index in [9.17, 15) is 4.79 Å². The molecule has 7 nitrogen and oxygen atoms in total. The Kier molecular flexibility index (Phi) is 3.46. The van der Waals surface area contributed by atoms with E-state index in [1.807, 2.05) is 31.2 Å². The molecule has 2 heterocycles. The third-order valence-electron chi connectivity index (χ3n) is 3.12. The Morgan fingerprint density at radius 2 is 2.24 bits per heavy atom. The number of aromatic nitrogens is 4. The average Bonchev–Trinajstić information content (AvgIpc) is 3.02. The number of fused-ring (bicyclic) bond motifs is 1. The second-order valence-electron chi connectivity index (χ2n) is 4.59. The summed E-state index contributed by atoms with van der Waals surface area (Å²) in [6.07, 6.45) is 4.86. The van der Waals surface area contributed by atoms with Crippen molar-refractivity contribution in [1.29, 1.82) is 0 Å². The van der Waals surface area contributed by atoms with Crippen LogP contribution in [0.25, 0.3) is 10.8 Å². The van der Waals surface area contributed by atoms with Gasteiger partial charge in [0.2, 0.25) is 0 Å². The SMILES string of the molecule is C[C@H](NC(=O)Nc1cccc2cnccc12)c1ncn[nH]1. The number of benzene rings is 1. The summed E-state index contributed by atoms with van der Waals surface area (Å²) in [5.41, 5.74) is 0.733. The van der Waals surface area contributed by atoms with Crippen molar-refractivity contribution in [1.82, 2.24) is 25.5 Å². The van der Waals surface area contributed by atoms with E-state index in [0.29, 0.717) is 5.82 Å². The van der Waals surface area contributed by atoms with E-state index in [1.54, 1.807) is 12.4 Å². The van der Waals surface area contributed by atoms with Gasteiger partial charge in [0.15, 0.2) is 0 Å². The molecule has 3 rings (SSSR count). The Hall–Kier alpha value is -2.96. The monoisotopic (exact) mass is 282 g/mol. The molecule has 3 aromatic rings. The first-order valence-electron chi connectivity index (χ1n) is 6.49. The lowest BCUT2D eigenvalue weighted by Crippen LogP contribution is -2.31. The second kappa shape index (κ2) is 5.58. The van der Waals surface area contributed by atoms with Crippen molar-refractivity contribution in [2.75, 3.05) is 5.32 Å². The minimum atomic E-state index is -0.303. The van der Waals surface area contributed by atoms with Crippen LogP contribution in [0.15, 0.2) is 43.0 Å². The van der Waals surface area contributed by atoms with Crippen molar-refractivity contribution in [3.8, 4) is 0 Å². The highest BCUT2D eigenvalue weighted by atomic mass is 16.2. The summed E-state index contributed by atoms with van der Waals surface area (Å²) in [7, 11) is 0. The Bertz CT molecular complexity index is 750. The summed E-state index contributed by atoms with van der Waals surface area (Å²) in [6, 6.07) is 6.97. The molecule has 0 aliphatic heterocycles. The molecule has 7 heteroatoms. The van der Waals surface area contributed by atoms with Crippen LogP contribution in [0.1, 0.15) is 18.8 Å². The first-order valence-corrected chi connectivity index (χ1v) is 6.49. The van der Waals surface area contributed by atoms with Crippen LogP contribution in [0.2, 0.25) is 0 Å². The number of urea groups is 1. The van der Waals surface area contributed by atoms with Crippen LogP contribution in [0.5, 0.6) is 0 Å². The van der Waals surface area contributed by atoms with Crippen LogP contribution < -0.4 is 10.6 Å². The van der Waals surface area contributed by atoms with Crippen molar-refractivity contribution in [2.24, 2.45) is 0 Å². The van der Waals surface area contributed by atoms with E-state index >= 15 is 0 Å². The molecule has 0 bridgehead atoms. The molecule has 1 atom stereocenters. The minimum absolute atomic E-state index is 0.260. The summed E-state index contributed by atoms with van der Waals surface area (Å²) in [6.45, 7) is 1.83. The van der Waals surface area contributed by atoms with Gasteiger partial charge in [-0.25, -0.2) is 9.78 Å². The largest absolute Gasteiger partial charge is 0.328 e. The number of anilines is 1. The number of aromatic amines is 1. The van der Waals surface area contributed by atoms with Crippen molar-refractivity contribution in [2.45, 2.75) is 13.0 Å². The van der Waals surface area contributed by atoms with E-state index < -0.39 is 0 Å². The fourth-order valence-electron chi connectivity index (χ4n) is 2.08. The predicted molar refractivity (Wildman–Crippen MR) is 78.7 cm³/mol. The van der Waals surface area contributed by atoms with E-state index in [2.05, 4.69) is 30.8 Å². The number of carbonyl (C=O) groups is 1. The fourth-order valence-corrected chi connectivity index (χ4v) is 2.08. The smallest absolute Gasteiger partial charge is 0.319 e. The predicted octanol–water partition coefficient (Wildman–Crippen LogP) is 2.24. The van der Waals surface area contributed by atoms with Gasteiger partial charge in [-0.05, 0) is 19.1 Å². The number of rotatable bonds is 3.